The van der Waals surface area contributed by atoms with Crippen molar-refractivity contribution in [2.24, 2.45) is 0 Å². The largest absolute Gasteiger partial charge is 0.494 e. The summed E-state index contributed by atoms with van der Waals surface area (Å²) in [6, 6.07) is 15.3. The average molecular weight is 628 g/mol. The van der Waals surface area contributed by atoms with Crippen LogP contribution in [0.15, 0.2) is 77.7 Å². The van der Waals surface area contributed by atoms with Gasteiger partial charge in [0, 0.05) is 12.6 Å². The number of anilines is 1. The number of carbonyl (C=O) groups excluding carboxylic acids is 2. The maximum atomic E-state index is 14.2. The molecule has 0 aromatic heterocycles. The molecule has 0 saturated heterocycles. The zero-order chi connectivity index (χ0) is 31.7. The van der Waals surface area contributed by atoms with Gasteiger partial charge in [0.15, 0.2) is 0 Å². The van der Waals surface area contributed by atoms with Crippen molar-refractivity contribution < 1.29 is 31.5 Å². The number of halogens is 2. The smallest absolute Gasteiger partial charge is 0.264 e. The molecule has 1 aliphatic carbocycles. The van der Waals surface area contributed by atoms with Crippen LogP contribution in [0.5, 0.6) is 5.75 Å². The molecule has 3 aromatic carbocycles. The summed E-state index contributed by atoms with van der Waals surface area (Å²) in [5.41, 5.74) is 0.654. The summed E-state index contributed by atoms with van der Waals surface area (Å²) in [5, 5.41) is 3.08. The first-order valence-corrected chi connectivity index (χ1v) is 16.4. The van der Waals surface area contributed by atoms with Gasteiger partial charge in [0.2, 0.25) is 11.8 Å². The van der Waals surface area contributed by atoms with Gasteiger partial charge in [-0.3, -0.25) is 13.9 Å². The Kier molecular flexibility index (Phi) is 11.3. The quantitative estimate of drug-likeness (QED) is 0.258. The maximum Gasteiger partial charge on any atom is 0.264 e. The van der Waals surface area contributed by atoms with E-state index in [4.69, 9.17) is 4.74 Å². The predicted molar refractivity (Wildman–Crippen MR) is 165 cm³/mol. The van der Waals surface area contributed by atoms with Gasteiger partial charge in [-0.25, -0.2) is 17.2 Å². The lowest BCUT2D eigenvalue weighted by Gasteiger charge is -2.34. The Balaban J connectivity index is 1.69. The number of hydrogen-bond acceptors (Lipinski definition) is 5. The highest BCUT2D eigenvalue weighted by Crippen LogP contribution is 2.27. The van der Waals surface area contributed by atoms with Crippen molar-refractivity contribution in [2.75, 3.05) is 17.5 Å². The fourth-order valence-corrected chi connectivity index (χ4v) is 6.80. The van der Waals surface area contributed by atoms with Gasteiger partial charge in [0.05, 0.1) is 17.2 Å². The van der Waals surface area contributed by atoms with E-state index < -0.39 is 40.2 Å². The number of rotatable bonds is 13. The maximum absolute atomic E-state index is 14.2. The normalized spacial score (nSPS) is 14.5. The second kappa shape index (κ2) is 15.1. The van der Waals surface area contributed by atoms with Gasteiger partial charge < -0.3 is 15.0 Å². The van der Waals surface area contributed by atoms with Crippen LogP contribution < -0.4 is 14.4 Å². The number of benzene rings is 3. The molecule has 11 heteroatoms. The van der Waals surface area contributed by atoms with Gasteiger partial charge in [-0.1, -0.05) is 38.3 Å². The molecule has 1 fully saturated rings. The minimum absolute atomic E-state index is 0.00354. The molecule has 4 rings (SSSR count). The molecule has 1 N–H and O–H groups in total. The number of hydrogen-bond donors (Lipinski definition) is 1. The highest BCUT2D eigenvalue weighted by Gasteiger charge is 2.34. The monoisotopic (exact) mass is 627 g/mol. The number of nitrogens with one attached hydrogen (secondary N) is 1. The first kappa shape index (κ1) is 32.9. The van der Waals surface area contributed by atoms with Crippen molar-refractivity contribution >= 4 is 27.5 Å². The molecule has 0 spiro atoms. The number of carbonyl (C=O) groups is 2. The first-order chi connectivity index (χ1) is 21.1. The topological polar surface area (TPSA) is 96.0 Å². The van der Waals surface area contributed by atoms with Gasteiger partial charge in [-0.2, -0.15) is 0 Å². The van der Waals surface area contributed by atoms with Crippen LogP contribution in [-0.4, -0.2) is 50.4 Å². The molecule has 236 valence electrons. The van der Waals surface area contributed by atoms with Crippen LogP contribution in [-0.2, 0) is 26.2 Å². The zero-order valence-corrected chi connectivity index (χ0v) is 25.9. The SMILES string of the molecule is CCOc1ccc(S(=O)(=O)N(CC(=O)N(Cc2ccc(F)cc2)[C@H](CC)C(=O)NC2CCCCC2)c2ccc(F)cc2)cc1. The van der Waals surface area contributed by atoms with Crippen molar-refractivity contribution in [1.29, 1.82) is 0 Å². The minimum atomic E-state index is -4.32. The molecule has 0 aliphatic heterocycles. The molecule has 1 atom stereocenters. The summed E-state index contributed by atoms with van der Waals surface area (Å²) in [6.07, 6.45) is 5.11. The summed E-state index contributed by atoms with van der Waals surface area (Å²) >= 11 is 0. The Bertz CT molecular complexity index is 1490. The van der Waals surface area contributed by atoms with Crippen LogP contribution in [0.4, 0.5) is 14.5 Å². The van der Waals surface area contributed by atoms with Crippen LogP contribution in [0.3, 0.4) is 0 Å². The van der Waals surface area contributed by atoms with E-state index in [0.717, 1.165) is 48.5 Å². The van der Waals surface area contributed by atoms with E-state index in [1.165, 1.54) is 65.6 Å². The van der Waals surface area contributed by atoms with E-state index in [1.54, 1.807) is 6.92 Å². The number of ether oxygens (including phenoxy) is 1. The molecule has 0 radical (unpaired) electrons. The van der Waals surface area contributed by atoms with Gasteiger partial charge >= 0.3 is 0 Å². The van der Waals surface area contributed by atoms with Gasteiger partial charge in [-0.15, -0.1) is 0 Å². The predicted octanol–water partition coefficient (Wildman–Crippen LogP) is 5.82. The third-order valence-corrected chi connectivity index (χ3v) is 9.51. The zero-order valence-electron chi connectivity index (χ0n) is 25.0. The third-order valence-electron chi connectivity index (χ3n) is 7.72. The van der Waals surface area contributed by atoms with Gasteiger partial charge in [-0.05, 0) is 92.4 Å². The fraction of sp³-hybridized carbons (Fsp3) is 0.394. The summed E-state index contributed by atoms with van der Waals surface area (Å²) < 4.78 is 61.8. The standard InChI is InChI=1S/C33H39F2N3O5S/c1-3-31(33(40)36-27-8-6-5-7-9-27)37(22-24-10-12-25(34)13-11-24)32(39)23-38(28-16-14-26(35)15-17-28)44(41,42)30-20-18-29(19-21-30)43-4-2/h10-21,27,31H,3-9,22-23H2,1-2H3,(H,36,40)/t31-/m1/s1. The fourth-order valence-electron chi connectivity index (χ4n) is 5.39. The van der Waals surface area contributed by atoms with E-state index in [1.807, 2.05) is 6.92 Å². The van der Waals surface area contributed by atoms with Gasteiger partial charge in [0.25, 0.3) is 10.0 Å². The Morgan fingerprint density at radius 1 is 0.886 bits per heavy atom. The summed E-state index contributed by atoms with van der Waals surface area (Å²) in [4.78, 5) is 29.0. The summed E-state index contributed by atoms with van der Waals surface area (Å²) in [7, 11) is -4.32. The molecule has 44 heavy (non-hydrogen) atoms. The molecular weight excluding hydrogens is 588 g/mol. The molecule has 8 nitrogen and oxygen atoms in total. The van der Waals surface area contributed by atoms with Crippen LogP contribution in [0.25, 0.3) is 0 Å². The summed E-state index contributed by atoms with van der Waals surface area (Å²) in [5.74, 6) is -1.49. The molecule has 1 saturated carbocycles. The number of nitrogens with zero attached hydrogens (tertiary/aromatic N) is 2. The Morgan fingerprint density at radius 3 is 2.05 bits per heavy atom. The van der Waals surface area contributed by atoms with E-state index in [9.17, 15) is 26.8 Å². The minimum Gasteiger partial charge on any atom is -0.494 e. The van der Waals surface area contributed by atoms with Crippen LogP contribution in [0.1, 0.15) is 57.9 Å². The molecule has 3 aromatic rings. The lowest BCUT2D eigenvalue weighted by atomic mass is 9.95. The highest BCUT2D eigenvalue weighted by atomic mass is 32.2. The molecule has 2 amide bonds. The third kappa shape index (κ3) is 8.34. The Hall–Kier alpha value is -3.99. The van der Waals surface area contributed by atoms with E-state index in [2.05, 4.69) is 5.32 Å². The number of amides is 2. The van der Waals surface area contributed by atoms with Crippen molar-refractivity contribution in [3.8, 4) is 5.75 Å². The van der Waals surface area contributed by atoms with Gasteiger partial charge in [0.1, 0.15) is 30.0 Å². The second-order valence-electron chi connectivity index (χ2n) is 10.8. The first-order valence-electron chi connectivity index (χ1n) is 15.0. The van der Waals surface area contributed by atoms with E-state index in [0.29, 0.717) is 17.9 Å². The lowest BCUT2D eigenvalue weighted by molar-refractivity contribution is -0.140. The number of sulfonamides is 1. The lowest BCUT2D eigenvalue weighted by Crippen LogP contribution is -2.54. The van der Waals surface area contributed by atoms with Crippen molar-refractivity contribution in [2.45, 2.75) is 75.9 Å². The van der Waals surface area contributed by atoms with Crippen LogP contribution in [0, 0.1) is 11.6 Å². The molecule has 0 unspecified atom stereocenters. The van der Waals surface area contributed by atoms with Crippen molar-refractivity contribution in [3.05, 3.63) is 90.0 Å². The van der Waals surface area contributed by atoms with Crippen molar-refractivity contribution in [3.63, 3.8) is 0 Å². The molecular formula is C33H39F2N3O5S. The van der Waals surface area contributed by atoms with E-state index >= 15 is 0 Å². The highest BCUT2D eigenvalue weighted by molar-refractivity contribution is 7.92. The Labute approximate surface area is 258 Å². The molecule has 1 aliphatic rings. The molecule has 0 heterocycles. The average Bonchev–Trinajstić information content (AvgIpc) is 3.02. The summed E-state index contributed by atoms with van der Waals surface area (Å²) in [6.45, 7) is 3.29. The Morgan fingerprint density at radius 2 is 1.48 bits per heavy atom. The van der Waals surface area contributed by atoms with E-state index in [-0.39, 0.29) is 35.5 Å². The molecule has 0 bridgehead atoms. The van der Waals surface area contributed by atoms with Crippen molar-refractivity contribution in [1.82, 2.24) is 10.2 Å². The van der Waals surface area contributed by atoms with Crippen LogP contribution in [0.2, 0.25) is 0 Å². The second-order valence-corrected chi connectivity index (χ2v) is 12.7. The van der Waals surface area contributed by atoms with Crippen LogP contribution >= 0.6 is 0 Å².